The van der Waals surface area contributed by atoms with E-state index in [9.17, 15) is 0 Å². The second-order valence-corrected chi connectivity index (χ2v) is 6.05. The van der Waals surface area contributed by atoms with E-state index < -0.39 is 0 Å². The quantitative estimate of drug-likeness (QED) is 0.400. The molecular formula is C18H32IN5. The van der Waals surface area contributed by atoms with E-state index in [-0.39, 0.29) is 24.0 Å². The first-order chi connectivity index (χ1) is 11.3. The minimum absolute atomic E-state index is 0. The van der Waals surface area contributed by atoms with Gasteiger partial charge in [0.25, 0.3) is 0 Å². The lowest BCUT2D eigenvalue weighted by Gasteiger charge is -2.21. The van der Waals surface area contributed by atoms with E-state index in [4.69, 9.17) is 0 Å². The molecule has 0 aromatic carbocycles. The van der Waals surface area contributed by atoms with Crippen molar-refractivity contribution in [2.75, 3.05) is 31.1 Å². The van der Waals surface area contributed by atoms with Crippen molar-refractivity contribution in [1.29, 1.82) is 0 Å². The first-order valence-corrected chi connectivity index (χ1v) is 9.05. The number of anilines is 1. The predicted octanol–water partition coefficient (Wildman–Crippen LogP) is 3.55. The summed E-state index contributed by atoms with van der Waals surface area (Å²) in [5.41, 5.74) is 1.15. The summed E-state index contributed by atoms with van der Waals surface area (Å²) >= 11 is 0. The molecular weight excluding hydrogens is 413 g/mol. The minimum Gasteiger partial charge on any atom is -0.357 e. The molecule has 2 N–H and O–H groups in total. The fourth-order valence-electron chi connectivity index (χ4n) is 2.75. The van der Waals surface area contributed by atoms with Crippen LogP contribution in [0.4, 0.5) is 5.82 Å². The lowest BCUT2D eigenvalue weighted by atomic mass is 10.2. The molecule has 1 saturated heterocycles. The lowest BCUT2D eigenvalue weighted by molar-refractivity contribution is 0.726. The van der Waals surface area contributed by atoms with E-state index in [1.165, 1.54) is 25.7 Å². The second kappa shape index (κ2) is 12.3. The minimum atomic E-state index is 0. The van der Waals surface area contributed by atoms with Crippen LogP contribution in [0, 0.1) is 0 Å². The van der Waals surface area contributed by atoms with Crippen LogP contribution in [0.2, 0.25) is 0 Å². The Labute approximate surface area is 163 Å². The number of hydrogen-bond donors (Lipinski definition) is 2. The number of nitrogens with zero attached hydrogens (tertiary/aromatic N) is 3. The number of pyridine rings is 1. The van der Waals surface area contributed by atoms with Gasteiger partial charge in [-0.05, 0) is 37.8 Å². The number of rotatable bonds is 6. The molecule has 1 aromatic rings. The van der Waals surface area contributed by atoms with Crippen molar-refractivity contribution < 1.29 is 0 Å². The maximum absolute atomic E-state index is 4.65. The highest BCUT2D eigenvalue weighted by atomic mass is 127. The Morgan fingerprint density at radius 3 is 2.46 bits per heavy atom. The third-order valence-electron chi connectivity index (χ3n) is 4.05. The Morgan fingerprint density at radius 1 is 1.12 bits per heavy atom. The first kappa shape index (κ1) is 21.0. The Kier molecular flexibility index (Phi) is 10.8. The van der Waals surface area contributed by atoms with Gasteiger partial charge in [-0.1, -0.05) is 25.8 Å². The van der Waals surface area contributed by atoms with Gasteiger partial charge in [-0.3, -0.25) is 0 Å². The Morgan fingerprint density at radius 2 is 1.88 bits per heavy atom. The lowest BCUT2D eigenvalue weighted by Crippen LogP contribution is -2.37. The van der Waals surface area contributed by atoms with Crippen molar-refractivity contribution in [3.05, 3.63) is 23.9 Å². The highest BCUT2D eigenvalue weighted by Gasteiger charge is 2.10. The third kappa shape index (κ3) is 7.23. The van der Waals surface area contributed by atoms with Gasteiger partial charge >= 0.3 is 0 Å². The summed E-state index contributed by atoms with van der Waals surface area (Å²) in [6.45, 7) is 8.99. The molecule has 0 atom stereocenters. The van der Waals surface area contributed by atoms with Crippen LogP contribution >= 0.6 is 24.0 Å². The standard InChI is InChI=1S/C18H31N5.HI/c1-3-11-20-18(19-4-2)22-15-16-9-10-17(21-14-16)23-12-7-5-6-8-13-23;/h9-10,14H,3-8,11-13,15H2,1-2H3,(H2,19,20,22);1H. The topological polar surface area (TPSA) is 52.6 Å². The van der Waals surface area contributed by atoms with Gasteiger partial charge in [0.05, 0.1) is 6.54 Å². The van der Waals surface area contributed by atoms with Crippen LogP contribution < -0.4 is 15.5 Å². The second-order valence-electron chi connectivity index (χ2n) is 6.05. The van der Waals surface area contributed by atoms with Gasteiger partial charge in [-0.2, -0.15) is 0 Å². The Bertz CT molecular complexity index is 467. The molecule has 2 rings (SSSR count). The van der Waals surface area contributed by atoms with Gasteiger partial charge in [0.15, 0.2) is 5.96 Å². The van der Waals surface area contributed by atoms with Gasteiger partial charge in [0.1, 0.15) is 5.82 Å². The average molecular weight is 445 g/mol. The van der Waals surface area contributed by atoms with E-state index in [2.05, 4.69) is 51.5 Å². The average Bonchev–Trinajstić information content (AvgIpc) is 2.87. The zero-order valence-electron chi connectivity index (χ0n) is 15.1. The number of aliphatic imine (C=N–C) groups is 1. The molecule has 2 heterocycles. The zero-order chi connectivity index (χ0) is 16.3. The first-order valence-electron chi connectivity index (χ1n) is 9.05. The summed E-state index contributed by atoms with van der Waals surface area (Å²) in [6, 6.07) is 4.29. The van der Waals surface area contributed by atoms with Crippen LogP contribution in [0.1, 0.15) is 51.5 Å². The summed E-state index contributed by atoms with van der Waals surface area (Å²) in [4.78, 5) is 11.7. The number of aromatic nitrogens is 1. The van der Waals surface area contributed by atoms with Crippen molar-refractivity contribution in [3.63, 3.8) is 0 Å². The molecule has 0 aliphatic carbocycles. The number of halogens is 1. The highest BCUT2D eigenvalue weighted by molar-refractivity contribution is 14.0. The van der Waals surface area contributed by atoms with Crippen molar-refractivity contribution in [3.8, 4) is 0 Å². The maximum Gasteiger partial charge on any atom is 0.191 e. The van der Waals surface area contributed by atoms with E-state index in [0.717, 1.165) is 49.9 Å². The fourth-order valence-corrected chi connectivity index (χ4v) is 2.75. The van der Waals surface area contributed by atoms with Crippen LogP contribution in [0.15, 0.2) is 23.3 Å². The van der Waals surface area contributed by atoms with Crippen LogP contribution in [0.3, 0.4) is 0 Å². The van der Waals surface area contributed by atoms with Gasteiger partial charge in [0, 0.05) is 32.4 Å². The molecule has 0 bridgehead atoms. The van der Waals surface area contributed by atoms with E-state index in [0.29, 0.717) is 6.54 Å². The highest BCUT2D eigenvalue weighted by Crippen LogP contribution is 2.17. The molecule has 24 heavy (non-hydrogen) atoms. The number of nitrogens with one attached hydrogen (secondary N) is 2. The number of guanidine groups is 1. The molecule has 6 heteroatoms. The fraction of sp³-hybridized carbons (Fsp3) is 0.667. The molecule has 0 radical (unpaired) electrons. The largest absolute Gasteiger partial charge is 0.357 e. The molecule has 1 fully saturated rings. The predicted molar refractivity (Wildman–Crippen MR) is 113 cm³/mol. The molecule has 1 aliphatic heterocycles. The van der Waals surface area contributed by atoms with Crippen LogP contribution in [0.25, 0.3) is 0 Å². The molecule has 0 amide bonds. The summed E-state index contributed by atoms with van der Waals surface area (Å²) in [7, 11) is 0. The molecule has 0 unspecified atom stereocenters. The normalized spacial score (nSPS) is 15.4. The van der Waals surface area contributed by atoms with Gasteiger partial charge < -0.3 is 15.5 Å². The van der Waals surface area contributed by atoms with Crippen LogP contribution in [-0.2, 0) is 6.54 Å². The van der Waals surface area contributed by atoms with E-state index >= 15 is 0 Å². The maximum atomic E-state index is 4.65. The van der Waals surface area contributed by atoms with Crippen molar-refractivity contribution in [2.24, 2.45) is 4.99 Å². The molecule has 5 nitrogen and oxygen atoms in total. The SMILES string of the molecule is CCCNC(=NCc1ccc(N2CCCCCC2)nc1)NCC.I. The van der Waals surface area contributed by atoms with Crippen molar-refractivity contribution in [2.45, 2.75) is 52.5 Å². The molecule has 136 valence electrons. The molecule has 1 aliphatic rings. The summed E-state index contributed by atoms with van der Waals surface area (Å²) < 4.78 is 0. The van der Waals surface area contributed by atoms with Crippen LogP contribution in [-0.4, -0.2) is 37.1 Å². The van der Waals surface area contributed by atoms with Crippen LogP contribution in [0.5, 0.6) is 0 Å². The summed E-state index contributed by atoms with van der Waals surface area (Å²) in [5, 5.41) is 6.59. The van der Waals surface area contributed by atoms with Crippen molar-refractivity contribution in [1.82, 2.24) is 15.6 Å². The van der Waals surface area contributed by atoms with Gasteiger partial charge in [0.2, 0.25) is 0 Å². The monoisotopic (exact) mass is 445 g/mol. The molecule has 0 spiro atoms. The Balaban J connectivity index is 0.00000288. The summed E-state index contributed by atoms with van der Waals surface area (Å²) in [5.74, 6) is 1.99. The smallest absolute Gasteiger partial charge is 0.191 e. The molecule has 1 aromatic heterocycles. The van der Waals surface area contributed by atoms with Gasteiger partial charge in [-0.15, -0.1) is 24.0 Å². The van der Waals surface area contributed by atoms with E-state index in [1.54, 1.807) is 0 Å². The number of hydrogen-bond acceptors (Lipinski definition) is 3. The summed E-state index contributed by atoms with van der Waals surface area (Å²) in [6.07, 6.45) is 8.32. The zero-order valence-corrected chi connectivity index (χ0v) is 17.4. The molecule has 0 saturated carbocycles. The van der Waals surface area contributed by atoms with Gasteiger partial charge in [-0.25, -0.2) is 9.98 Å². The Hall–Kier alpha value is -1.05. The third-order valence-corrected chi connectivity index (χ3v) is 4.05. The van der Waals surface area contributed by atoms with E-state index in [1.807, 2.05) is 6.20 Å². The van der Waals surface area contributed by atoms with Crippen molar-refractivity contribution >= 4 is 35.8 Å².